The minimum absolute atomic E-state index is 0.0175. The van der Waals surface area contributed by atoms with Gasteiger partial charge in [-0.15, -0.1) is 0 Å². The Morgan fingerprint density at radius 3 is 2.03 bits per heavy atom. The Morgan fingerprint density at radius 2 is 1.42 bits per heavy atom. The zero-order valence-electron chi connectivity index (χ0n) is 19.7. The van der Waals surface area contributed by atoms with Crippen molar-refractivity contribution in [3.8, 4) is 11.1 Å². The summed E-state index contributed by atoms with van der Waals surface area (Å²) < 4.78 is 47.0. The van der Waals surface area contributed by atoms with Crippen molar-refractivity contribution >= 4 is 5.69 Å². The number of ether oxygens (including phenoxy) is 1. The van der Waals surface area contributed by atoms with E-state index < -0.39 is 11.7 Å². The van der Waals surface area contributed by atoms with Crippen molar-refractivity contribution in [1.29, 1.82) is 0 Å². The number of nitrogens with zero attached hydrogens (tertiary/aromatic N) is 3. The van der Waals surface area contributed by atoms with Gasteiger partial charge in [0.15, 0.2) is 0 Å². The van der Waals surface area contributed by atoms with Gasteiger partial charge in [-0.05, 0) is 47.5 Å². The average Bonchev–Trinajstić information content (AvgIpc) is 2.87. The zero-order valence-corrected chi connectivity index (χ0v) is 19.7. The van der Waals surface area contributed by atoms with Crippen molar-refractivity contribution in [2.75, 3.05) is 18.9 Å². The van der Waals surface area contributed by atoms with Crippen molar-refractivity contribution in [1.82, 2.24) is 14.9 Å². The minimum atomic E-state index is -4.52. The van der Waals surface area contributed by atoms with Crippen LogP contribution in [0.15, 0.2) is 91.3 Å². The molecule has 4 aromatic rings. The molecule has 0 amide bonds. The standard InChI is InChI=1S/C28H27F3N4O/c29-28(30,31)25-12-7-13-26(32)27(25)24-11-2-1-8-21(24)20-36-17-16-35(18-22-9-3-5-14-33-22)19-23-10-4-6-15-34-23/h1-15H,16-20,32H2. The first-order valence-electron chi connectivity index (χ1n) is 11.6. The fourth-order valence-corrected chi connectivity index (χ4v) is 4.03. The van der Waals surface area contributed by atoms with Crippen molar-refractivity contribution in [2.45, 2.75) is 25.9 Å². The smallest absolute Gasteiger partial charge is 0.398 e. The van der Waals surface area contributed by atoms with E-state index in [0.29, 0.717) is 37.4 Å². The van der Waals surface area contributed by atoms with E-state index in [0.717, 1.165) is 17.5 Å². The summed E-state index contributed by atoms with van der Waals surface area (Å²) in [7, 11) is 0. The van der Waals surface area contributed by atoms with Crippen LogP contribution >= 0.6 is 0 Å². The van der Waals surface area contributed by atoms with Crippen molar-refractivity contribution in [3.63, 3.8) is 0 Å². The molecule has 0 radical (unpaired) electrons. The molecule has 0 bridgehead atoms. The molecule has 0 unspecified atom stereocenters. The van der Waals surface area contributed by atoms with Crippen molar-refractivity contribution in [3.05, 3.63) is 114 Å². The largest absolute Gasteiger partial charge is 0.417 e. The summed E-state index contributed by atoms with van der Waals surface area (Å²) in [6.07, 6.45) is -1.01. The van der Waals surface area contributed by atoms with Gasteiger partial charge in [-0.2, -0.15) is 13.2 Å². The molecule has 186 valence electrons. The molecular weight excluding hydrogens is 465 g/mol. The van der Waals surface area contributed by atoms with Gasteiger partial charge in [0.25, 0.3) is 0 Å². The molecule has 36 heavy (non-hydrogen) atoms. The topological polar surface area (TPSA) is 64.3 Å². The molecule has 2 N–H and O–H groups in total. The van der Waals surface area contributed by atoms with Crippen LogP contribution < -0.4 is 5.73 Å². The first-order valence-corrected chi connectivity index (χ1v) is 11.6. The Bertz CT molecular complexity index is 1210. The van der Waals surface area contributed by atoms with Crippen LogP contribution in [-0.2, 0) is 30.6 Å². The van der Waals surface area contributed by atoms with Crippen LogP contribution in [0.3, 0.4) is 0 Å². The van der Waals surface area contributed by atoms with E-state index in [1.165, 1.54) is 12.1 Å². The first kappa shape index (κ1) is 25.3. The average molecular weight is 493 g/mol. The zero-order chi connectivity index (χ0) is 25.4. The van der Waals surface area contributed by atoms with E-state index in [9.17, 15) is 13.2 Å². The number of nitrogen functional groups attached to an aromatic ring is 1. The first-order chi connectivity index (χ1) is 17.4. The van der Waals surface area contributed by atoms with Gasteiger partial charge in [-0.3, -0.25) is 14.9 Å². The predicted octanol–water partition coefficient (Wildman–Crippen LogP) is 5.96. The molecule has 2 aromatic carbocycles. The maximum absolute atomic E-state index is 13.7. The number of halogens is 3. The highest BCUT2D eigenvalue weighted by molar-refractivity contribution is 5.81. The van der Waals surface area contributed by atoms with E-state index in [1.807, 2.05) is 36.4 Å². The van der Waals surface area contributed by atoms with E-state index >= 15 is 0 Å². The molecule has 0 spiro atoms. The van der Waals surface area contributed by atoms with E-state index in [2.05, 4.69) is 14.9 Å². The van der Waals surface area contributed by atoms with Gasteiger partial charge >= 0.3 is 6.18 Å². The number of hydrogen-bond donors (Lipinski definition) is 1. The predicted molar refractivity (Wildman–Crippen MR) is 134 cm³/mol. The summed E-state index contributed by atoms with van der Waals surface area (Å²) in [5, 5.41) is 0. The molecule has 8 heteroatoms. The summed E-state index contributed by atoms with van der Waals surface area (Å²) in [6.45, 7) is 2.36. The van der Waals surface area contributed by atoms with Crippen LogP contribution in [0.1, 0.15) is 22.5 Å². The summed E-state index contributed by atoms with van der Waals surface area (Å²) in [4.78, 5) is 11.0. The Labute approximate surface area is 208 Å². The Kier molecular flexibility index (Phi) is 8.30. The number of benzene rings is 2. The van der Waals surface area contributed by atoms with Gasteiger partial charge in [0.05, 0.1) is 30.2 Å². The number of rotatable bonds is 10. The monoisotopic (exact) mass is 492 g/mol. The number of anilines is 1. The van der Waals surface area contributed by atoms with E-state index in [4.69, 9.17) is 10.5 Å². The van der Waals surface area contributed by atoms with Gasteiger partial charge in [0.2, 0.25) is 0 Å². The maximum Gasteiger partial charge on any atom is 0.417 e. The van der Waals surface area contributed by atoms with Gasteiger partial charge < -0.3 is 10.5 Å². The molecule has 0 aliphatic carbocycles. The molecular formula is C28H27F3N4O. The van der Waals surface area contributed by atoms with Gasteiger partial charge in [-0.25, -0.2) is 0 Å². The van der Waals surface area contributed by atoms with Crippen LogP contribution in [0.2, 0.25) is 0 Å². The lowest BCUT2D eigenvalue weighted by Crippen LogP contribution is -2.27. The highest BCUT2D eigenvalue weighted by Crippen LogP contribution is 2.41. The molecule has 0 saturated heterocycles. The Hall–Kier alpha value is -3.75. The number of hydrogen-bond acceptors (Lipinski definition) is 5. The molecule has 0 atom stereocenters. The Balaban J connectivity index is 1.46. The third-order valence-electron chi connectivity index (χ3n) is 5.72. The lowest BCUT2D eigenvalue weighted by atomic mass is 9.94. The summed E-state index contributed by atoms with van der Waals surface area (Å²) in [5.74, 6) is 0. The van der Waals surface area contributed by atoms with Crippen LogP contribution in [0.4, 0.5) is 18.9 Å². The van der Waals surface area contributed by atoms with Crippen LogP contribution in [-0.4, -0.2) is 28.0 Å². The lowest BCUT2D eigenvalue weighted by molar-refractivity contribution is -0.137. The molecule has 4 rings (SSSR count). The SMILES string of the molecule is Nc1cccc(C(F)(F)F)c1-c1ccccc1COCCN(Cc1ccccn1)Cc1ccccn1. The van der Waals surface area contributed by atoms with Crippen LogP contribution in [0.25, 0.3) is 11.1 Å². The highest BCUT2D eigenvalue weighted by atomic mass is 19.4. The summed E-state index contributed by atoms with van der Waals surface area (Å²) >= 11 is 0. The Morgan fingerprint density at radius 1 is 0.778 bits per heavy atom. The lowest BCUT2D eigenvalue weighted by Gasteiger charge is -2.22. The maximum atomic E-state index is 13.7. The second-order valence-corrected chi connectivity index (χ2v) is 8.33. The third-order valence-corrected chi connectivity index (χ3v) is 5.72. The van der Waals surface area contributed by atoms with Crippen LogP contribution in [0.5, 0.6) is 0 Å². The molecule has 0 aliphatic rings. The summed E-state index contributed by atoms with van der Waals surface area (Å²) in [5.41, 5.74) is 8.22. The van der Waals surface area contributed by atoms with E-state index in [1.54, 1.807) is 36.7 Å². The third kappa shape index (κ3) is 6.68. The van der Waals surface area contributed by atoms with Gasteiger partial charge in [0.1, 0.15) is 0 Å². The number of pyridine rings is 2. The number of nitrogens with two attached hydrogens (primary N) is 1. The number of aromatic nitrogens is 2. The minimum Gasteiger partial charge on any atom is -0.398 e. The van der Waals surface area contributed by atoms with Crippen molar-refractivity contribution in [2.24, 2.45) is 0 Å². The molecule has 0 aliphatic heterocycles. The summed E-state index contributed by atoms with van der Waals surface area (Å²) in [6, 6.07) is 22.3. The fourth-order valence-electron chi connectivity index (χ4n) is 4.03. The molecule has 0 fully saturated rings. The van der Waals surface area contributed by atoms with Gasteiger partial charge in [0, 0.05) is 43.3 Å². The molecule has 0 saturated carbocycles. The number of alkyl halides is 3. The normalized spacial score (nSPS) is 11.7. The fraction of sp³-hybridized carbons (Fsp3) is 0.214. The van der Waals surface area contributed by atoms with E-state index in [-0.39, 0.29) is 17.9 Å². The van der Waals surface area contributed by atoms with Crippen LogP contribution in [0, 0.1) is 0 Å². The molecule has 2 aromatic heterocycles. The van der Waals surface area contributed by atoms with Crippen molar-refractivity contribution < 1.29 is 17.9 Å². The second-order valence-electron chi connectivity index (χ2n) is 8.33. The quantitative estimate of drug-likeness (QED) is 0.219. The molecule has 2 heterocycles. The highest BCUT2D eigenvalue weighted by Gasteiger charge is 2.34. The second kappa shape index (κ2) is 11.8. The van der Waals surface area contributed by atoms with Gasteiger partial charge in [-0.1, -0.05) is 42.5 Å². The molecule has 5 nitrogen and oxygen atoms in total.